The molecule has 0 radical (unpaired) electrons. The third kappa shape index (κ3) is 5.73. The second kappa shape index (κ2) is 8.18. The second-order valence-corrected chi connectivity index (χ2v) is 6.19. The van der Waals surface area contributed by atoms with E-state index in [2.05, 4.69) is 10.4 Å². The first-order chi connectivity index (χ1) is 12.1. The number of likely N-dealkylation sites (N-methyl/N-ethyl adjacent to an activating group) is 1. The van der Waals surface area contributed by atoms with Crippen molar-refractivity contribution in [3.05, 3.63) is 53.9 Å². The molecule has 5 nitrogen and oxygen atoms in total. The molecule has 0 bridgehead atoms. The fourth-order valence-corrected chi connectivity index (χ4v) is 2.23. The minimum Gasteiger partial charge on any atom is -0.320 e. The van der Waals surface area contributed by atoms with Crippen LogP contribution in [0.5, 0.6) is 0 Å². The van der Waals surface area contributed by atoms with Gasteiger partial charge in [-0.05, 0) is 44.3 Å². The van der Waals surface area contributed by atoms with Gasteiger partial charge < -0.3 is 10.2 Å². The highest BCUT2D eigenvalue weighted by atomic mass is 19.4. The number of amides is 1. The molecule has 8 heteroatoms. The summed E-state index contributed by atoms with van der Waals surface area (Å²) < 4.78 is 39.5. The van der Waals surface area contributed by atoms with Crippen LogP contribution in [0.25, 0.3) is 5.57 Å². The minimum atomic E-state index is -4.37. The number of aromatic nitrogens is 2. The van der Waals surface area contributed by atoms with E-state index in [9.17, 15) is 18.0 Å². The lowest BCUT2D eigenvalue weighted by atomic mass is 10.0. The van der Waals surface area contributed by atoms with Crippen molar-refractivity contribution >= 4 is 17.2 Å². The molecule has 1 aromatic heterocycles. The summed E-state index contributed by atoms with van der Waals surface area (Å²) in [4.78, 5) is 14.1. The average molecular weight is 366 g/mol. The standard InChI is InChI=1S/C18H21F3N4O/c1-13(14-4-6-15(7-5-14)18(19,20)21)10-17(26)23-16-11-22-25(12-16)9-8-24(2)3/h4-7,10-12H,8-9H2,1-3H3,(H,23,26). The van der Waals surface area contributed by atoms with Gasteiger partial charge >= 0.3 is 6.18 Å². The lowest BCUT2D eigenvalue weighted by Gasteiger charge is -2.08. The van der Waals surface area contributed by atoms with E-state index >= 15 is 0 Å². The number of rotatable bonds is 6. The molecule has 1 N–H and O–H groups in total. The van der Waals surface area contributed by atoms with E-state index in [4.69, 9.17) is 0 Å². The fraction of sp³-hybridized carbons (Fsp3) is 0.333. The third-order valence-corrected chi connectivity index (χ3v) is 3.69. The molecule has 2 aromatic rings. The average Bonchev–Trinajstić information content (AvgIpc) is 2.99. The van der Waals surface area contributed by atoms with Crippen LogP contribution < -0.4 is 5.32 Å². The molecular formula is C18H21F3N4O. The van der Waals surface area contributed by atoms with E-state index in [1.165, 1.54) is 18.2 Å². The van der Waals surface area contributed by atoms with Crippen LogP contribution in [-0.2, 0) is 17.5 Å². The first-order valence-corrected chi connectivity index (χ1v) is 7.99. The van der Waals surface area contributed by atoms with Crippen LogP contribution in [0.4, 0.5) is 18.9 Å². The van der Waals surface area contributed by atoms with Gasteiger partial charge in [0, 0.05) is 18.8 Å². The highest BCUT2D eigenvalue weighted by Crippen LogP contribution is 2.30. The number of carbonyl (C=O) groups is 1. The van der Waals surface area contributed by atoms with Crippen molar-refractivity contribution < 1.29 is 18.0 Å². The molecule has 0 aliphatic rings. The van der Waals surface area contributed by atoms with Crippen LogP contribution in [-0.4, -0.2) is 41.2 Å². The Labute approximate surface area is 150 Å². The molecule has 0 aliphatic heterocycles. The highest BCUT2D eigenvalue weighted by Gasteiger charge is 2.29. The summed E-state index contributed by atoms with van der Waals surface area (Å²) >= 11 is 0. The monoisotopic (exact) mass is 366 g/mol. The van der Waals surface area contributed by atoms with Crippen LogP contribution in [0.1, 0.15) is 18.1 Å². The first-order valence-electron chi connectivity index (χ1n) is 7.99. The van der Waals surface area contributed by atoms with Crippen molar-refractivity contribution in [2.75, 3.05) is 26.0 Å². The molecule has 0 saturated heterocycles. The Morgan fingerprint density at radius 2 is 1.92 bits per heavy atom. The summed E-state index contributed by atoms with van der Waals surface area (Å²) in [6.45, 7) is 3.19. The number of benzene rings is 1. The smallest absolute Gasteiger partial charge is 0.320 e. The summed E-state index contributed by atoms with van der Waals surface area (Å²) in [6.07, 6.45) is 0.248. The Bertz CT molecular complexity index is 776. The lowest BCUT2D eigenvalue weighted by Crippen LogP contribution is -2.18. The molecule has 0 spiro atoms. The minimum absolute atomic E-state index is 0.366. The maximum Gasteiger partial charge on any atom is 0.416 e. The van der Waals surface area contributed by atoms with E-state index in [0.29, 0.717) is 23.4 Å². The zero-order valence-electron chi connectivity index (χ0n) is 14.8. The molecule has 140 valence electrons. The number of alkyl halides is 3. The Morgan fingerprint density at radius 1 is 1.27 bits per heavy atom. The molecule has 0 fully saturated rings. The van der Waals surface area contributed by atoms with E-state index < -0.39 is 11.7 Å². The second-order valence-electron chi connectivity index (χ2n) is 6.19. The number of anilines is 1. The molecule has 2 rings (SSSR count). The van der Waals surface area contributed by atoms with Gasteiger partial charge in [-0.1, -0.05) is 12.1 Å². The number of halogens is 3. The van der Waals surface area contributed by atoms with Gasteiger partial charge in [0.05, 0.1) is 24.0 Å². The Morgan fingerprint density at radius 3 is 2.50 bits per heavy atom. The number of carbonyl (C=O) groups excluding carboxylic acids is 1. The summed E-state index contributed by atoms with van der Waals surface area (Å²) in [6, 6.07) is 4.70. The van der Waals surface area contributed by atoms with Crippen molar-refractivity contribution in [3.63, 3.8) is 0 Å². The lowest BCUT2D eigenvalue weighted by molar-refractivity contribution is -0.137. The maximum atomic E-state index is 12.6. The topological polar surface area (TPSA) is 50.2 Å². The molecule has 0 unspecified atom stereocenters. The molecule has 1 heterocycles. The van der Waals surface area contributed by atoms with Crippen molar-refractivity contribution in [1.29, 1.82) is 0 Å². The summed E-state index contributed by atoms with van der Waals surface area (Å²) in [7, 11) is 3.92. The van der Waals surface area contributed by atoms with Gasteiger partial charge in [-0.25, -0.2) is 0 Å². The van der Waals surface area contributed by atoms with Gasteiger partial charge in [-0.3, -0.25) is 9.48 Å². The number of nitrogens with zero attached hydrogens (tertiary/aromatic N) is 3. The largest absolute Gasteiger partial charge is 0.416 e. The van der Waals surface area contributed by atoms with Crippen LogP contribution in [0.2, 0.25) is 0 Å². The Balaban J connectivity index is 1.99. The van der Waals surface area contributed by atoms with Crippen LogP contribution >= 0.6 is 0 Å². The van der Waals surface area contributed by atoms with Crippen LogP contribution in [0.15, 0.2) is 42.7 Å². The zero-order chi connectivity index (χ0) is 19.3. The predicted octanol–water partition coefficient (Wildman–Crippen LogP) is 3.51. The Kier molecular flexibility index (Phi) is 6.20. The highest BCUT2D eigenvalue weighted by molar-refractivity contribution is 6.03. The molecule has 1 aromatic carbocycles. The molecule has 0 aliphatic carbocycles. The van der Waals surface area contributed by atoms with Gasteiger partial charge in [0.1, 0.15) is 0 Å². The van der Waals surface area contributed by atoms with Gasteiger partial charge in [-0.2, -0.15) is 18.3 Å². The number of hydrogen-bond acceptors (Lipinski definition) is 3. The quantitative estimate of drug-likeness (QED) is 0.796. The van der Waals surface area contributed by atoms with Crippen LogP contribution in [0, 0.1) is 0 Å². The zero-order valence-corrected chi connectivity index (χ0v) is 14.8. The summed E-state index contributed by atoms with van der Waals surface area (Å²) in [5.74, 6) is -0.366. The molecule has 26 heavy (non-hydrogen) atoms. The third-order valence-electron chi connectivity index (χ3n) is 3.69. The maximum absolute atomic E-state index is 12.6. The van der Waals surface area contributed by atoms with Gasteiger partial charge in [-0.15, -0.1) is 0 Å². The van der Waals surface area contributed by atoms with Crippen molar-refractivity contribution in [3.8, 4) is 0 Å². The summed E-state index contributed by atoms with van der Waals surface area (Å²) in [5, 5.41) is 6.85. The number of allylic oxidation sites excluding steroid dienone is 1. The molecular weight excluding hydrogens is 345 g/mol. The van der Waals surface area contributed by atoms with Gasteiger partial charge in [0.25, 0.3) is 0 Å². The van der Waals surface area contributed by atoms with Crippen molar-refractivity contribution in [2.24, 2.45) is 0 Å². The van der Waals surface area contributed by atoms with Crippen molar-refractivity contribution in [1.82, 2.24) is 14.7 Å². The molecule has 0 saturated carbocycles. The van der Waals surface area contributed by atoms with E-state index in [0.717, 1.165) is 18.7 Å². The van der Waals surface area contributed by atoms with Crippen molar-refractivity contribution in [2.45, 2.75) is 19.6 Å². The number of hydrogen-bond donors (Lipinski definition) is 1. The molecule has 1 amide bonds. The van der Waals surface area contributed by atoms with Gasteiger partial charge in [0.2, 0.25) is 5.91 Å². The van der Waals surface area contributed by atoms with E-state index in [1.807, 2.05) is 19.0 Å². The molecule has 0 atom stereocenters. The fourth-order valence-electron chi connectivity index (χ4n) is 2.23. The summed E-state index contributed by atoms with van der Waals surface area (Å²) in [5.41, 5.74) is 0.958. The van der Waals surface area contributed by atoms with E-state index in [-0.39, 0.29) is 5.91 Å². The van der Waals surface area contributed by atoms with E-state index in [1.54, 1.807) is 24.0 Å². The normalized spacial score (nSPS) is 12.5. The van der Waals surface area contributed by atoms with Crippen LogP contribution in [0.3, 0.4) is 0 Å². The Hall–Kier alpha value is -2.61. The predicted molar refractivity (Wildman–Crippen MR) is 94.5 cm³/mol. The first kappa shape index (κ1) is 19.7. The van der Waals surface area contributed by atoms with Gasteiger partial charge in [0.15, 0.2) is 0 Å². The SMILES string of the molecule is CC(=CC(=O)Nc1cnn(CCN(C)C)c1)c1ccc(C(F)(F)F)cc1. The number of nitrogens with one attached hydrogen (secondary N) is 1.